The van der Waals surface area contributed by atoms with Crippen LogP contribution in [0.5, 0.6) is 5.75 Å². The summed E-state index contributed by atoms with van der Waals surface area (Å²) in [6.45, 7) is 1.87. The Morgan fingerprint density at radius 2 is 1.86 bits per heavy atom. The second-order valence-corrected chi connectivity index (χ2v) is 8.83. The summed E-state index contributed by atoms with van der Waals surface area (Å²) in [7, 11) is 2.75. The van der Waals surface area contributed by atoms with E-state index >= 15 is 0 Å². The molecule has 0 spiro atoms. The van der Waals surface area contributed by atoms with E-state index in [-0.39, 0.29) is 34.8 Å². The maximum atomic E-state index is 14.6. The lowest BCUT2D eigenvalue weighted by Gasteiger charge is -2.33. The number of imidazole rings is 1. The number of amides is 2. The largest absolute Gasteiger partial charge is 0.494 e. The van der Waals surface area contributed by atoms with Crippen molar-refractivity contribution in [3.8, 4) is 17.0 Å². The zero-order valence-corrected chi connectivity index (χ0v) is 20.5. The van der Waals surface area contributed by atoms with Gasteiger partial charge in [-0.05, 0) is 55.2 Å². The first-order valence-corrected chi connectivity index (χ1v) is 11.7. The molecule has 0 aliphatic heterocycles. The molecule has 194 valence electrons. The number of carboxylic acids is 1. The standard InChI is InChI=1S/C26H26F2N4O5/c1-4-13-9-15(5-6-17(13)24(33)31-16-10-14(11-16)26(35)36)30-25(34)23-29-12-19(32(23)2)18-7-8-20(37-3)22(28)21(18)27/h5-9,12,14,16H,4,10-11H2,1-3H3,(H,30,34)(H,31,33)(H,35,36). The molecule has 1 aliphatic carbocycles. The number of benzene rings is 2. The average Bonchev–Trinajstić information content (AvgIpc) is 3.23. The zero-order chi connectivity index (χ0) is 26.9. The van der Waals surface area contributed by atoms with Crippen molar-refractivity contribution in [2.45, 2.75) is 32.2 Å². The number of halogens is 2. The van der Waals surface area contributed by atoms with E-state index in [1.54, 1.807) is 18.2 Å². The number of hydrogen-bond acceptors (Lipinski definition) is 5. The Morgan fingerprint density at radius 1 is 1.14 bits per heavy atom. The maximum Gasteiger partial charge on any atom is 0.306 e. The SMILES string of the molecule is CCc1cc(NC(=O)c2ncc(-c3ccc(OC)c(F)c3F)n2C)ccc1C(=O)NC1CC(C(=O)O)C1. The van der Waals surface area contributed by atoms with Gasteiger partial charge in [-0.25, -0.2) is 9.37 Å². The van der Waals surface area contributed by atoms with E-state index in [1.165, 1.54) is 37.1 Å². The molecule has 3 aromatic rings. The molecule has 2 aromatic carbocycles. The molecule has 11 heteroatoms. The summed E-state index contributed by atoms with van der Waals surface area (Å²) in [5, 5.41) is 14.6. The fraction of sp³-hybridized carbons (Fsp3) is 0.308. The van der Waals surface area contributed by atoms with Gasteiger partial charge in [0.1, 0.15) is 0 Å². The van der Waals surface area contributed by atoms with Crippen LogP contribution in [0.4, 0.5) is 14.5 Å². The van der Waals surface area contributed by atoms with Crippen molar-refractivity contribution in [3.63, 3.8) is 0 Å². The van der Waals surface area contributed by atoms with Crippen molar-refractivity contribution in [3.05, 3.63) is 65.1 Å². The number of carbonyl (C=O) groups is 3. The van der Waals surface area contributed by atoms with Crippen molar-refractivity contribution < 1.29 is 33.0 Å². The average molecular weight is 513 g/mol. The van der Waals surface area contributed by atoms with Crippen LogP contribution >= 0.6 is 0 Å². The predicted octanol–water partition coefficient (Wildman–Crippen LogP) is 3.78. The van der Waals surface area contributed by atoms with Crippen LogP contribution in [-0.4, -0.2) is 45.6 Å². The molecular formula is C26H26F2N4O5. The summed E-state index contributed by atoms with van der Waals surface area (Å²) in [4.78, 5) is 40.7. The molecule has 1 fully saturated rings. The fourth-order valence-corrected chi connectivity index (χ4v) is 4.33. The number of methoxy groups -OCH3 is 1. The number of rotatable bonds is 8. The highest BCUT2D eigenvalue weighted by Crippen LogP contribution is 2.30. The number of ether oxygens (including phenoxy) is 1. The van der Waals surface area contributed by atoms with Gasteiger partial charge in [-0.3, -0.25) is 14.4 Å². The van der Waals surface area contributed by atoms with Crippen LogP contribution in [0.2, 0.25) is 0 Å². The Kier molecular flexibility index (Phi) is 7.23. The highest BCUT2D eigenvalue weighted by molar-refractivity contribution is 6.03. The quantitative estimate of drug-likeness (QED) is 0.422. The fourth-order valence-electron chi connectivity index (χ4n) is 4.33. The molecule has 3 N–H and O–H groups in total. The number of aryl methyl sites for hydroxylation is 1. The van der Waals surface area contributed by atoms with E-state index in [1.807, 2.05) is 6.92 Å². The summed E-state index contributed by atoms with van der Waals surface area (Å²) >= 11 is 0. The van der Waals surface area contributed by atoms with Gasteiger partial charge in [0.25, 0.3) is 11.8 Å². The molecule has 1 saturated carbocycles. The van der Waals surface area contributed by atoms with E-state index in [9.17, 15) is 23.2 Å². The van der Waals surface area contributed by atoms with Crippen LogP contribution in [0.1, 0.15) is 46.3 Å². The van der Waals surface area contributed by atoms with E-state index in [0.29, 0.717) is 36.1 Å². The second-order valence-electron chi connectivity index (χ2n) is 8.83. The van der Waals surface area contributed by atoms with E-state index in [2.05, 4.69) is 15.6 Å². The Morgan fingerprint density at radius 3 is 2.51 bits per heavy atom. The van der Waals surface area contributed by atoms with Crippen molar-refractivity contribution in [1.82, 2.24) is 14.9 Å². The monoisotopic (exact) mass is 512 g/mol. The van der Waals surface area contributed by atoms with Crippen LogP contribution in [0.3, 0.4) is 0 Å². The highest BCUT2D eigenvalue weighted by Gasteiger charge is 2.35. The van der Waals surface area contributed by atoms with Gasteiger partial charge in [-0.15, -0.1) is 0 Å². The van der Waals surface area contributed by atoms with Gasteiger partial charge in [-0.2, -0.15) is 4.39 Å². The molecule has 0 atom stereocenters. The summed E-state index contributed by atoms with van der Waals surface area (Å²) in [5.41, 5.74) is 1.69. The molecular weight excluding hydrogens is 486 g/mol. The van der Waals surface area contributed by atoms with Gasteiger partial charge >= 0.3 is 5.97 Å². The molecule has 0 unspecified atom stereocenters. The van der Waals surface area contributed by atoms with E-state index in [0.717, 1.165) is 0 Å². The third kappa shape index (κ3) is 5.02. The van der Waals surface area contributed by atoms with Gasteiger partial charge in [0.05, 0.1) is 24.9 Å². The Balaban J connectivity index is 1.48. The van der Waals surface area contributed by atoms with Crippen LogP contribution in [0.15, 0.2) is 36.5 Å². The van der Waals surface area contributed by atoms with Gasteiger partial charge in [0, 0.05) is 29.9 Å². The molecule has 37 heavy (non-hydrogen) atoms. The van der Waals surface area contributed by atoms with Crippen molar-refractivity contribution >= 4 is 23.5 Å². The summed E-state index contributed by atoms with van der Waals surface area (Å²) in [6.07, 6.45) is 2.59. The number of aliphatic carboxylic acids is 1. The van der Waals surface area contributed by atoms with Gasteiger partial charge in [0.15, 0.2) is 17.4 Å². The smallest absolute Gasteiger partial charge is 0.306 e. The van der Waals surface area contributed by atoms with Crippen molar-refractivity contribution in [1.29, 1.82) is 0 Å². The summed E-state index contributed by atoms with van der Waals surface area (Å²) in [6, 6.07) is 7.31. The van der Waals surface area contributed by atoms with Gasteiger partial charge < -0.3 is 25.0 Å². The molecule has 1 heterocycles. The molecule has 9 nitrogen and oxygen atoms in total. The third-order valence-corrected chi connectivity index (χ3v) is 6.55. The highest BCUT2D eigenvalue weighted by atomic mass is 19.2. The minimum Gasteiger partial charge on any atom is -0.494 e. The number of aromatic nitrogens is 2. The molecule has 0 bridgehead atoms. The topological polar surface area (TPSA) is 123 Å². The summed E-state index contributed by atoms with van der Waals surface area (Å²) in [5.74, 6) is -4.67. The number of carbonyl (C=O) groups excluding carboxylic acids is 2. The lowest BCUT2D eigenvalue weighted by atomic mass is 9.80. The second kappa shape index (κ2) is 10.4. The first-order chi connectivity index (χ1) is 17.6. The molecule has 4 rings (SSSR count). The molecule has 1 aromatic heterocycles. The van der Waals surface area contributed by atoms with E-state index < -0.39 is 29.4 Å². The number of hydrogen-bond donors (Lipinski definition) is 3. The third-order valence-electron chi connectivity index (χ3n) is 6.55. The maximum absolute atomic E-state index is 14.6. The first-order valence-electron chi connectivity index (χ1n) is 11.7. The number of nitrogens with one attached hydrogen (secondary N) is 2. The number of nitrogens with zero attached hydrogens (tertiary/aromatic N) is 2. The Bertz CT molecular complexity index is 1380. The van der Waals surface area contributed by atoms with Crippen LogP contribution < -0.4 is 15.4 Å². The van der Waals surface area contributed by atoms with E-state index in [4.69, 9.17) is 9.84 Å². The van der Waals surface area contributed by atoms with Gasteiger partial charge in [0.2, 0.25) is 5.82 Å². The van der Waals surface area contributed by atoms with Crippen LogP contribution in [-0.2, 0) is 18.3 Å². The minimum absolute atomic E-state index is 0.0246. The summed E-state index contributed by atoms with van der Waals surface area (Å²) < 4.78 is 34.9. The van der Waals surface area contributed by atoms with Crippen molar-refractivity contribution in [2.75, 3.05) is 12.4 Å². The van der Waals surface area contributed by atoms with Crippen molar-refractivity contribution in [2.24, 2.45) is 13.0 Å². The molecule has 1 aliphatic rings. The molecule has 0 radical (unpaired) electrons. The lowest BCUT2D eigenvalue weighted by molar-refractivity contribution is -0.145. The number of carboxylic acid groups (broad SMARTS) is 1. The van der Waals surface area contributed by atoms with Gasteiger partial charge in [-0.1, -0.05) is 6.92 Å². The Hall–Kier alpha value is -4.28. The van der Waals surface area contributed by atoms with Crippen LogP contribution in [0.25, 0.3) is 11.3 Å². The number of anilines is 1. The normalized spacial score (nSPS) is 16.6. The zero-order valence-electron chi connectivity index (χ0n) is 20.5. The molecule has 2 amide bonds. The lowest BCUT2D eigenvalue weighted by Crippen LogP contribution is -2.46. The first kappa shape index (κ1) is 25.8. The molecule has 0 saturated heterocycles. The van der Waals surface area contributed by atoms with Crippen LogP contribution in [0, 0.1) is 17.6 Å². The Labute approximate surface area is 211 Å². The predicted molar refractivity (Wildman–Crippen MR) is 130 cm³/mol. The minimum atomic E-state index is -1.14.